The van der Waals surface area contributed by atoms with E-state index in [0.29, 0.717) is 54.8 Å². The van der Waals surface area contributed by atoms with Crippen molar-refractivity contribution in [1.82, 2.24) is 23.9 Å². The molecule has 190 valence electrons. The highest BCUT2D eigenvalue weighted by Gasteiger charge is 2.25. The number of pyridine rings is 1. The SMILES string of the molecule is CS(=O)(=O)N1CCN(c2cccc(Nc3cc(N[C@@H]4CCCC[C@H]4O)nn4c(C#N)cnc34)n2)CC1. The van der Waals surface area contributed by atoms with Crippen LogP contribution >= 0.6 is 0 Å². The van der Waals surface area contributed by atoms with Crippen molar-refractivity contribution in [2.24, 2.45) is 0 Å². The number of nitriles is 1. The Morgan fingerprint density at radius 2 is 1.92 bits per heavy atom. The van der Waals surface area contributed by atoms with Gasteiger partial charge in [-0.1, -0.05) is 18.9 Å². The van der Waals surface area contributed by atoms with Gasteiger partial charge >= 0.3 is 0 Å². The van der Waals surface area contributed by atoms with Crippen molar-refractivity contribution in [3.8, 4) is 6.07 Å². The fraction of sp³-hybridized carbons (Fsp3) is 0.478. The molecule has 3 aromatic heterocycles. The van der Waals surface area contributed by atoms with Gasteiger partial charge in [0.25, 0.3) is 0 Å². The molecule has 2 atom stereocenters. The van der Waals surface area contributed by atoms with E-state index in [9.17, 15) is 18.8 Å². The molecule has 1 saturated heterocycles. The predicted molar refractivity (Wildman–Crippen MR) is 136 cm³/mol. The molecular weight excluding hydrogens is 482 g/mol. The van der Waals surface area contributed by atoms with E-state index in [2.05, 4.69) is 31.7 Å². The first kappa shape index (κ1) is 24.2. The molecular formula is C23H29N9O3S. The topological polar surface area (TPSA) is 152 Å². The summed E-state index contributed by atoms with van der Waals surface area (Å²) in [5.41, 5.74) is 1.40. The van der Waals surface area contributed by atoms with E-state index in [4.69, 9.17) is 4.98 Å². The average Bonchev–Trinajstić information content (AvgIpc) is 3.29. The first-order valence-corrected chi connectivity index (χ1v) is 13.8. The Hall–Kier alpha value is -3.47. The first-order chi connectivity index (χ1) is 17.3. The van der Waals surface area contributed by atoms with E-state index in [1.165, 1.54) is 21.3 Å². The second-order valence-corrected chi connectivity index (χ2v) is 11.2. The number of hydrogen-bond acceptors (Lipinski definition) is 10. The molecule has 12 nitrogen and oxygen atoms in total. The summed E-state index contributed by atoms with van der Waals surface area (Å²) in [7, 11) is -3.21. The molecule has 1 aliphatic heterocycles. The molecule has 1 aliphatic carbocycles. The summed E-state index contributed by atoms with van der Waals surface area (Å²) in [4.78, 5) is 11.2. The lowest BCUT2D eigenvalue weighted by Crippen LogP contribution is -2.48. The van der Waals surface area contributed by atoms with E-state index < -0.39 is 16.1 Å². The van der Waals surface area contributed by atoms with Crippen molar-refractivity contribution in [2.45, 2.75) is 37.8 Å². The highest BCUT2D eigenvalue weighted by molar-refractivity contribution is 7.88. The molecule has 0 amide bonds. The van der Waals surface area contributed by atoms with Crippen LogP contribution in [0.3, 0.4) is 0 Å². The largest absolute Gasteiger partial charge is 0.391 e. The fourth-order valence-electron chi connectivity index (χ4n) is 4.73. The van der Waals surface area contributed by atoms with Gasteiger partial charge in [0.05, 0.1) is 30.3 Å². The number of fused-ring (bicyclic) bond motifs is 1. The van der Waals surface area contributed by atoms with E-state index in [1.54, 1.807) is 0 Å². The van der Waals surface area contributed by atoms with Crippen molar-refractivity contribution in [3.63, 3.8) is 0 Å². The third kappa shape index (κ3) is 5.06. The van der Waals surface area contributed by atoms with Gasteiger partial charge in [-0.05, 0) is 25.0 Å². The van der Waals surface area contributed by atoms with Crippen molar-refractivity contribution >= 4 is 38.8 Å². The summed E-state index contributed by atoms with van der Waals surface area (Å²) in [5, 5.41) is 31.1. The van der Waals surface area contributed by atoms with Crippen LogP contribution in [-0.4, -0.2) is 82.0 Å². The zero-order valence-corrected chi connectivity index (χ0v) is 20.8. The second-order valence-electron chi connectivity index (χ2n) is 9.19. The van der Waals surface area contributed by atoms with Crippen molar-refractivity contribution in [1.29, 1.82) is 5.26 Å². The monoisotopic (exact) mass is 511 g/mol. The fourth-order valence-corrected chi connectivity index (χ4v) is 5.56. The van der Waals surface area contributed by atoms with E-state index in [0.717, 1.165) is 31.5 Å². The van der Waals surface area contributed by atoms with Crippen molar-refractivity contribution in [2.75, 3.05) is 48.0 Å². The summed E-state index contributed by atoms with van der Waals surface area (Å²) >= 11 is 0. The summed E-state index contributed by atoms with van der Waals surface area (Å²) in [6.07, 6.45) is 5.87. The van der Waals surface area contributed by atoms with Crippen LogP contribution in [-0.2, 0) is 10.0 Å². The molecule has 0 spiro atoms. The normalized spacial score (nSPS) is 21.3. The number of imidazole rings is 1. The van der Waals surface area contributed by atoms with Gasteiger partial charge in [-0.3, -0.25) is 0 Å². The standard InChI is InChI=1S/C23H29N9O3S/c1-36(34,35)31-11-9-30(10-12-31)22-8-4-7-20(28-22)27-18-13-21(26-17-5-2-3-6-19(17)33)29-32-16(14-24)15-25-23(18)32/h4,7-8,13,15,17,19,33H,2-3,5-6,9-12H2,1H3,(H,26,29)(H,27,28)/t17-,19-/m1/s1. The number of aliphatic hydroxyl groups is 1. The number of aliphatic hydroxyl groups excluding tert-OH is 1. The van der Waals surface area contributed by atoms with Crippen LogP contribution in [0.2, 0.25) is 0 Å². The molecule has 0 radical (unpaired) electrons. The van der Waals surface area contributed by atoms with Gasteiger partial charge in [0, 0.05) is 32.2 Å². The van der Waals surface area contributed by atoms with Crippen molar-refractivity contribution in [3.05, 3.63) is 36.2 Å². The molecule has 0 bridgehead atoms. The molecule has 36 heavy (non-hydrogen) atoms. The van der Waals surface area contributed by atoms with Crippen LogP contribution in [0.25, 0.3) is 5.65 Å². The third-order valence-corrected chi connectivity index (χ3v) is 7.98. The summed E-state index contributed by atoms with van der Waals surface area (Å²) in [6, 6.07) is 9.42. The number of nitrogens with zero attached hydrogens (tertiary/aromatic N) is 7. The molecule has 13 heteroatoms. The Morgan fingerprint density at radius 3 is 2.64 bits per heavy atom. The highest BCUT2D eigenvalue weighted by atomic mass is 32.2. The van der Waals surface area contributed by atoms with Crippen LogP contribution in [0.1, 0.15) is 31.4 Å². The molecule has 3 N–H and O–H groups in total. The Labute approximate surface area is 209 Å². The van der Waals surface area contributed by atoms with Crippen LogP contribution in [0.15, 0.2) is 30.5 Å². The number of piperazine rings is 1. The minimum atomic E-state index is -3.21. The lowest BCUT2D eigenvalue weighted by molar-refractivity contribution is 0.116. The maximum absolute atomic E-state index is 11.8. The zero-order chi connectivity index (χ0) is 25.3. The number of rotatable bonds is 6. The molecule has 1 saturated carbocycles. The van der Waals surface area contributed by atoms with Crippen LogP contribution in [0.4, 0.5) is 23.1 Å². The maximum atomic E-state index is 11.8. The van der Waals surface area contributed by atoms with Gasteiger partial charge in [-0.2, -0.15) is 14.1 Å². The van der Waals surface area contributed by atoms with Crippen LogP contribution in [0.5, 0.6) is 0 Å². The average molecular weight is 512 g/mol. The molecule has 2 aliphatic rings. The lowest BCUT2D eigenvalue weighted by Gasteiger charge is -2.34. The van der Waals surface area contributed by atoms with Gasteiger partial charge in [-0.25, -0.2) is 18.4 Å². The second kappa shape index (κ2) is 9.88. The summed E-state index contributed by atoms with van der Waals surface area (Å²) in [5.74, 6) is 1.85. The Morgan fingerprint density at radius 1 is 1.14 bits per heavy atom. The quantitative estimate of drug-likeness (QED) is 0.444. The van der Waals surface area contributed by atoms with Gasteiger partial charge in [0.15, 0.2) is 11.3 Å². The first-order valence-electron chi connectivity index (χ1n) is 12.0. The van der Waals surface area contributed by atoms with Gasteiger partial charge in [0.2, 0.25) is 10.0 Å². The van der Waals surface area contributed by atoms with Gasteiger partial charge in [-0.15, -0.1) is 5.10 Å². The number of hydrogen-bond donors (Lipinski definition) is 3. The summed E-state index contributed by atoms with van der Waals surface area (Å²) in [6.45, 7) is 1.92. The Balaban J connectivity index is 1.40. The highest BCUT2D eigenvalue weighted by Crippen LogP contribution is 2.27. The van der Waals surface area contributed by atoms with Crippen LogP contribution in [0, 0.1) is 11.3 Å². The Kier molecular flexibility index (Phi) is 6.65. The molecule has 5 rings (SSSR count). The maximum Gasteiger partial charge on any atom is 0.211 e. The summed E-state index contributed by atoms with van der Waals surface area (Å²) < 4.78 is 26.6. The molecule has 3 aromatic rings. The van der Waals surface area contributed by atoms with Crippen LogP contribution < -0.4 is 15.5 Å². The van der Waals surface area contributed by atoms with Gasteiger partial charge < -0.3 is 20.6 Å². The van der Waals surface area contributed by atoms with Crippen molar-refractivity contribution < 1.29 is 13.5 Å². The molecule has 0 aromatic carbocycles. The smallest absolute Gasteiger partial charge is 0.211 e. The number of sulfonamides is 1. The predicted octanol–water partition coefficient (Wildman–Crippen LogP) is 1.54. The van der Waals surface area contributed by atoms with E-state index in [-0.39, 0.29) is 6.04 Å². The van der Waals surface area contributed by atoms with E-state index in [1.807, 2.05) is 24.3 Å². The molecule has 4 heterocycles. The molecule has 0 unspecified atom stereocenters. The molecule has 2 fully saturated rings. The van der Waals surface area contributed by atoms with E-state index >= 15 is 0 Å². The zero-order valence-electron chi connectivity index (χ0n) is 20.0. The minimum absolute atomic E-state index is 0.113. The van der Waals surface area contributed by atoms with Gasteiger partial charge in [0.1, 0.15) is 23.5 Å². The third-order valence-electron chi connectivity index (χ3n) is 6.67. The Bertz CT molecular complexity index is 1390. The number of nitrogens with one attached hydrogen (secondary N) is 2. The lowest BCUT2D eigenvalue weighted by atomic mass is 9.92. The number of anilines is 4. The number of aromatic nitrogens is 4. The minimum Gasteiger partial charge on any atom is -0.391 e.